The number of benzene rings is 1. The van der Waals surface area contributed by atoms with E-state index in [-0.39, 0.29) is 0 Å². The van der Waals surface area contributed by atoms with Crippen molar-refractivity contribution in [1.82, 2.24) is 9.97 Å². The summed E-state index contributed by atoms with van der Waals surface area (Å²) in [5.74, 6) is 2.45. The second kappa shape index (κ2) is 8.57. The zero-order chi connectivity index (χ0) is 19.2. The number of carbonyl (C=O) groups excluding carboxylic acids is 1. The fourth-order valence-electron chi connectivity index (χ4n) is 3.03. The number of hydrogen-bond acceptors (Lipinski definition) is 6. The van der Waals surface area contributed by atoms with Crippen molar-refractivity contribution >= 4 is 23.4 Å². The summed E-state index contributed by atoms with van der Waals surface area (Å²) >= 11 is 0. The van der Waals surface area contributed by atoms with E-state index in [9.17, 15) is 4.79 Å². The molecule has 0 radical (unpaired) electrons. The Morgan fingerprint density at radius 2 is 1.81 bits per heavy atom. The minimum atomic E-state index is -0.412. The molecular formula is C19H25N5O3. The number of amides is 2. The van der Waals surface area contributed by atoms with E-state index in [2.05, 4.69) is 32.4 Å². The molecule has 0 bridgehead atoms. The van der Waals surface area contributed by atoms with Gasteiger partial charge in [-0.2, -0.15) is 0 Å². The Morgan fingerprint density at radius 1 is 1.11 bits per heavy atom. The van der Waals surface area contributed by atoms with Crippen LogP contribution in [-0.2, 0) is 0 Å². The number of methoxy groups -OCH3 is 2. The van der Waals surface area contributed by atoms with Gasteiger partial charge >= 0.3 is 6.03 Å². The van der Waals surface area contributed by atoms with E-state index in [0.29, 0.717) is 28.8 Å². The van der Waals surface area contributed by atoms with Gasteiger partial charge in [-0.3, -0.25) is 0 Å². The molecule has 8 nitrogen and oxygen atoms in total. The van der Waals surface area contributed by atoms with Crippen LogP contribution in [0, 0.1) is 5.92 Å². The summed E-state index contributed by atoms with van der Waals surface area (Å²) in [6, 6.07) is 4.85. The first-order chi connectivity index (χ1) is 13.1. The van der Waals surface area contributed by atoms with Crippen molar-refractivity contribution < 1.29 is 14.3 Å². The van der Waals surface area contributed by atoms with Crippen LogP contribution < -0.4 is 25.0 Å². The average Bonchev–Trinajstić information content (AvgIpc) is 2.69. The molecule has 1 aliphatic heterocycles. The molecule has 8 heteroatoms. The van der Waals surface area contributed by atoms with Crippen LogP contribution >= 0.6 is 0 Å². The van der Waals surface area contributed by atoms with Crippen LogP contribution in [0.2, 0.25) is 0 Å². The number of anilines is 3. The highest BCUT2D eigenvalue weighted by Gasteiger charge is 2.18. The van der Waals surface area contributed by atoms with Gasteiger partial charge in [0.25, 0.3) is 0 Å². The highest BCUT2D eigenvalue weighted by molar-refractivity contribution is 6.00. The topological polar surface area (TPSA) is 88.6 Å². The lowest BCUT2D eigenvalue weighted by molar-refractivity contribution is 0.262. The molecule has 0 saturated carbocycles. The molecule has 0 aliphatic carbocycles. The van der Waals surface area contributed by atoms with E-state index in [0.717, 1.165) is 31.8 Å². The van der Waals surface area contributed by atoms with E-state index >= 15 is 0 Å². The molecule has 1 aromatic carbocycles. The number of piperidine rings is 1. The highest BCUT2D eigenvalue weighted by atomic mass is 16.5. The largest absolute Gasteiger partial charge is 0.493 e. The summed E-state index contributed by atoms with van der Waals surface area (Å²) in [5.41, 5.74) is 1.03. The molecular weight excluding hydrogens is 346 g/mol. The Bertz CT molecular complexity index is 773. The van der Waals surface area contributed by atoms with Gasteiger partial charge in [0.2, 0.25) is 5.95 Å². The Morgan fingerprint density at radius 3 is 2.44 bits per heavy atom. The first kappa shape index (κ1) is 18.8. The van der Waals surface area contributed by atoms with Crippen LogP contribution in [0.3, 0.4) is 0 Å². The fourth-order valence-corrected chi connectivity index (χ4v) is 3.03. The van der Waals surface area contributed by atoms with Crippen molar-refractivity contribution in [3.8, 4) is 11.5 Å². The predicted octanol–water partition coefficient (Wildman–Crippen LogP) is 3.37. The van der Waals surface area contributed by atoms with Gasteiger partial charge in [0.05, 0.1) is 38.0 Å². The lowest BCUT2D eigenvalue weighted by atomic mass is 10.00. The second-order valence-electron chi connectivity index (χ2n) is 6.56. The molecule has 2 aromatic rings. The number of carbonyl (C=O) groups is 1. The lowest BCUT2D eigenvalue weighted by Crippen LogP contribution is -2.34. The predicted molar refractivity (Wildman–Crippen MR) is 105 cm³/mol. The third-order valence-electron chi connectivity index (χ3n) is 4.61. The molecule has 0 atom stereocenters. The van der Waals surface area contributed by atoms with Gasteiger partial charge < -0.3 is 25.0 Å². The van der Waals surface area contributed by atoms with Gasteiger partial charge in [-0.15, -0.1) is 0 Å². The van der Waals surface area contributed by atoms with E-state index in [4.69, 9.17) is 9.47 Å². The first-order valence-electron chi connectivity index (χ1n) is 8.96. The molecule has 144 valence electrons. The highest BCUT2D eigenvalue weighted by Crippen LogP contribution is 2.34. The monoisotopic (exact) mass is 371 g/mol. The van der Waals surface area contributed by atoms with Crippen LogP contribution in [0.4, 0.5) is 22.1 Å². The summed E-state index contributed by atoms with van der Waals surface area (Å²) in [6.07, 6.45) is 5.52. The van der Waals surface area contributed by atoms with Crippen molar-refractivity contribution in [2.45, 2.75) is 19.8 Å². The minimum Gasteiger partial charge on any atom is -0.493 e. The van der Waals surface area contributed by atoms with Gasteiger partial charge in [0, 0.05) is 13.1 Å². The molecule has 3 rings (SSSR count). The maximum atomic E-state index is 12.3. The molecule has 1 aromatic heterocycles. The normalized spacial score (nSPS) is 14.6. The maximum absolute atomic E-state index is 12.3. The van der Waals surface area contributed by atoms with Gasteiger partial charge in [-0.1, -0.05) is 13.0 Å². The minimum absolute atomic E-state index is 0.412. The summed E-state index contributed by atoms with van der Waals surface area (Å²) in [7, 11) is 3.07. The molecule has 1 fully saturated rings. The summed E-state index contributed by atoms with van der Waals surface area (Å²) in [5, 5.41) is 5.47. The number of aromatic nitrogens is 2. The van der Waals surface area contributed by atoms with E-state index in [1.807, 2.05) is 0 Å². The lowest BCUT2D eigenvalue weighted by Gasteiger charge is -2.30. The quantitative estimate of drug-likeness (QED) is 0.838. The standard InChI is InChI=1S/C19H25N5O3/c1-13-7-9-24(10-8-13)18-20-11-14(12-21-18)22-19(25)23-15-5-4-6-16(26-2)17(15)27-3/h4-6,11-13H,7-10H2,1-3H3,(H2,22,23,25). The Balaban J connectivity index is 1.61. The van der Waals surface area contributed by atoms with Crippen LogP contribution in [0.5, 0.6) is 11.5 Å². The number of nitrogens with zero attached hydrogens (tertiary/aromatic N) is 3. The molecule has 27 heavy (non-hydrogen) atoms. The van der Waals surface area contributed by atoms with Crippen LogP contribution in [0.1, 0.15) is 19.8 Å². The number of hydrogen-bond donors (Lipinski definition) is 2. The number of urea groups is 1. The van der Waals surface area contributed by atoms with Crippen LogP contribution in [0.15, 0.2) is 30.6 Å². The molecule has 1 aliphatic rings. The maximum Gasteiger partial charge on any atom is 0.323 e. The average molecular weight is 371 g/mol. The van der Waals surface area contributed by atoms with Crippen molar-refractivity contribution in [1.29, 1.82) is 0 Å². The van der Waals surface area contributed by atoms with Crippen molar-refractivity contribution in [3.05, 3.63) is 30.6 Å². The van der Waals surface area contributed by atoms with Gasteiger partial charge in [-0.05, 0) is 30.9 Å². The number of rotatable bonds is 5. The van der Waals surface area contributed by atoms with Crippen LogP contribution in [0.25, 0.3) is 0 Å². The first-order valence-corrected chi connectivity index (χ1v) is 8.96. The third-order valence-corrected chi connectivity index (χ3v) is 4.61. The third kappa shape index (κ3) is 4.58. The Hall–Kier alpha value is -3.03. The number of para-hydroxylation sites is 1. The smallest absolute Gasteiger partial charge is 0.323 e. The molecule has 2 N–H and O–H groups in total. The summed E-state index contributed by atoms with van der Waals surface area (Å²) < 4.78 is 10.5. The zero-order valence-electron chi connectivity index (χ0n) is 15.9. The van der Waals surface area contributed by atoms with Crippen molar-refractivity contribution in [2.75, 3.05) is 42.8 Å². The Kier molecular flexibility index (Phi) is 5.95. The van der Waals surface area contributed by atoms with E-state index < -0.39 is 6.03 Å². The van der Waals surface area contributed by atoms with Gasteiger partial charge in [-0.25, -0.2) is 14.8 Å². The van der Waals surface area contributed by atoms with Crippen molar-refractivity contribution in [2.24, 2.45) is 5.92 Å². The molecule has 1 saturated heterocycles. The molecule has 2 heterocycles. The Labute approximate surface area is 158 Å². The summed E-state index contributed by atoms with van der Waals surface area (Å²) in [4.78, 5) is 23.2. The zero-order valence-corrected chi connectivity index (χ0v) is 15.9. The van der Waals surface area contributed by atoms with Crippen molar-refractivity contribution in [3.63, 3.8) is 0 Å². The number of nitrogens with one attached hydrogen (secondary N) is 2. The number of ether oxygens (including phenoxy) is 2. The SMILES string of the molecule is COc1cccc(NC(=O)Nc2cnc(N3CCC(C)CC3)nc2)c1OC. The van der Waals surface area contributed by atoms with E-state index in [1.165, 1.54) is 7.11 Å². The fraction of sp³-hybridized carbons (Fsp3) is 0.421. The van der Waals surface area contributed by atoms with E-state index in [1.54, 1.807) is 37.7 Å². The van der Waals surface area contributed by atoms with Gasteiger partial charge in [0.1, 0.15) is 0 Å². The molecule has 0 spiro atoms. The van der Waals surface area contributed by atoms with Gasteiger partial charge in [0.15, 0.2) is 11.5 Å². The van der Waals surface area contributed by atoms with Crippen LogP contribution in [-0.4, -0.2) is 43.3 Å². The summed E-state index contributed by atoms with van der Waals surface area (Å²) in [6.45, 7) is 4.19. The second-order valence-corrected chi connectivity index (χ2v) is 6.56. The molecule has 2 amide bonds. The molecule has 0 unspecified atom stereocenters.